The van der Waals surface area contributed by atoms with Gasteiger partial charge in [-0.25, -0.2) is 0 Å². The highest BCUT2D eigenvalue weighted by atomic mass is 79.9. The molecule has 0 spiro atoms. The van der Waals surface area contributed by atoms with E-state index in [9.17, 15) is 0 Å². The topological polar surface area (TPSA) is 0 Å². The monoisotopic (exact) mass is 442 g/mol. The second-order valence-corrected chi connectivity index (χ2v) is 7.60. The Morgan fingerprint density at radius 2 is 1.68 bits per heavy atom. The highest BCUT2D eigenvalue weighted by Gasteiger charge is 2.17. The molecule has 0 amide bonds. The summed E-state index contributed by atoms with van der Waals surface area (Å²) in [7, 11) is 0. The van der Waals surface area contributed by atoms with Gasteiger partial charge in [0.15, 0.2) is 0 Å². The van der Waals surface area contributed by atoms with Crippen molar-refractivity contribution in [2.45, 2.75) is 24.1 Å². The normalized spacial score (nSPS) is 15.3. The van der Waals surface area contributed by atoms with E-state index in [0.717, 1.165) is 8.95 Å². The summed E-state index contributed by atoms with van der Waals surface area (Å²) < 4.78 is 2.24. The van der Waals surface area contributed by atoms with Crippen LogP contribution >= 0.6 is 47.8 Å². The largest absolute Gasteiger partial charge is 0.0786 e. The van der Waals surface area contributed by atoms with Crippen LogP contribution in [0.4, 0.5) is 0 Å². The third kappa shape index (κ3) is 2.84. The minimum atomic E-state index is 0.227. The van der Waals surface area contributed by atoms with E-state index in [2.05, 4.69) is 84.2 Å². The molecule has 1 unspecified atom stereocenters. The molecule has 0 N–H and O–H groups in total. The Morgan fingerprint density at radius 3 is 2.53 bits per heavy atom. The van der Waals surface area contributed by atoms with Crippen molar-refractivity contribution in [3.63, 3.8) is 0 Å². The van der Waals surface area contributed by atoms with Crippen LogP contribution in [0.15, 0.2) is 45.3 Å². The molecule has 0 bridgehead atoms. The zero-order valence-corrected chi connectivity index (χ0v) is 15.1. The summed E-state index contributed by atoms with van der Waals surface area (Å²) in [5.41, 5.74) is 5.64. The van der Waals surface area contributed by atoms with Crippen LogP contribution in [0.25, 0.3) is 0 Å². The lowest BCUT2D eigenvalue weighted by molar-refractivity contribution is 0.911. The first-order chi connectivity index (χ1) is 9.15. The first kappa shape index (κ1) is 13.8. The maximum Gasteiger partial charge on any atom is 0.0656 e. The average molecular weight is 445 g/mol. The first-order valence-electron chi connectivity index (χ1n) is 6.36. The van der Waals surface area contributed by atoms with Gasteiger partial charge in [0.25, 0.3) is 0 Å². The molecule has 0 aliphatic heterocycles. The van der Waals surface area contributed by atoms with Crippen LogP contribution in [-0.4, -0.2) is 0 Å². The van der Waals surface area contributed by atoms with Crippen molar-refractivity contribution in [2.24, 2.45) is 0 Å². The van der Waals surface area contributed by atoms with E-state index in [0.29, 0.717) is 0 Å². The van der Waals surface area contributed by atoms with Gasteiger partial charge in [-0.2, -0.15) is 0 Å². The second-order valence-electron chi connectivity index (χ2n) is 4.91. The molecule has 2 aromatic rings. The van der Waals surface area contributed by atoms with Crippen molar-refractivity contribution in [3.05, 3.63) is 67.6 Å². The molecule has 2 aromatic carbocycles. The molecule has 0 heterocycles. The van der Waals surface area contributed by atoms with Gasteiger partial charge in [0.05, 0.1) is 4.83 Å². The van der Waals surface area contributed by atoms with E-state index in [1.54, 1.807) is 0 Å². The third-order valence-electron chi connectivity index (χ3n) is 3.65. The van der Waals surface area contributed by atoms with E-state index in [1.807, 2.05) is 0 Å². The number of hydrogen-bond acceptors (Lipinski definition) is 0. The molecule has 0 nitrogen and oxygen atoms in total. The van der Waals surface area contributed by atoms with Gasteiger partial charge in [-0.3, -0.25) is 0 Å². The lowest BCUT2D eigenvalue weighted by atomic mass is 10.0. The van der Waals surface area contributed by atoms with Gasteiger partial charge in [0, 0.05) is 8.95 Å². The number of alkyl halides is 1. The Labute approximate surface area is 139 Å². The molecule has 0 aromatic heterocycles. The van der Waals surface area contributed by atoms with Crippen LogP contribution in [0.1, 0.15) is 33.5 Å². The van der Waals surface area contributed by atoms with Crippen LogP contribution in [0.2, 0.25) is 0 Å². The highest BCUT2D eigenvalue weighted by molar-refractivity contribution is 9.11. The summed E-state index contributed by atoms with van der Waals surface area (Å²) in [6, 6.07) is 13.2. The number of halogens is 3. The lowest BCUT2D eigenvalue weighted by Gasteiger charge is -2.14. The zero-order chi connectivity index (χ0) is 13.4. The van der Waals surface area contributed by atoms with Gasteiger partial charge in [-0.15, -0.1) is 0 Å². The van der Waals surface area contributed by atoms with Crippen molar-refractivity contribution in [1.82, 2.24) is 0 Å². The van der Waals surface area contributed by atoms with Crippen LogP contribution in [0.5, 0.6) is 0 Å². The van der Waals surface area contributed by atoms with E-state index < -0.39 is 0 Å². The van der Waals surface area contributed by atoms with Gasteiger partial charge < -0.3 is 0 Å². The number of benzene rings is 2. The molecule has 98 valence electrons. The van der Waals surface area contributed by atoms with E-state index >= 15 is 0 Å². The average Bonchev–Trinajstić information content (AvgIpc) is 2.88. The van der Waals surface area contributed by atoms with Gasteiger partial charge in [-0.1, -0.05) is 66.0 Å². The summed E-state index contributed by atoms with van der Waals surface area (Å²) >= 11 is 11.0. The fourth-order valence-corrected chi connectivity index (χ4v) is 4.46. The fourth-order valence-electron chi connectivity index (χ4n) is 2.64. The maximum atomic E-state index is 3.84. The summed E-state index contributed by atoms with van der Waals surface area (Å²) in [6.45, 7) is 0. The Hall–Kier alpha value is -0.120. The molecule has 3 heteroatoms. The minimum Gasteiger partial charge on any atom is -0.0786 e. The zero-order valence-electron chi connectivity index (χ0n) is 10.3. The predicted octanol–water partition coefficient (Wildman–Crippen LogP) is 6.18. The summed E-state index contributed by atoms with van der Waals surface area (Å²) in [5, 5.41) is 0. The Kier molecular flexibility index (Phi) is 4.16. The lowest BCUT2D eigenvalue weighted by Crippen LogP contribution is -1.96. The van der Waals surface area contributed by atoms with E-state index in [-0.39, 0.29) is 4.83 Å². The number of rotatable bonds is 2. The Morgan fingerprint density at radius 1 is 0.895 bits per heavy atom. The molecule has 0 saturated heterocycles. The molecule has 3 rings (SSSR count). The van der Waals surface area contributed by atoms with Crippen molar-refractivity contribution < 1.29 is 0 Å². The van der Waals surface area contributed by atoms with Crippen molar-refractivity contribution >= 4 is 47.8 Å². The Balaban J connectivity index is 1.99. The molecule has 19 heavy (non-hydrogen) atoms. The van der Waals surface area contributed by atoms with Gasteiger partial charge in [-0.05, 0) is 59.7 Å². The third-order valence-corrected chi connectivity index (χ3v) is 5.88. The maximum absolute atomic E-state index is 3.84. The van der Waals surface area contributed by atoms with Crippen molar-refractivity contribution in [1.29, 1.82) is 0 Å². The fraction of sp³-hybridized carbons (Fsp3) is 0.250. The highest BCUT2D eigenvalue weighted by Crippen LogP contribution is 2.38. The van der Waals surface area contributed by atoms with Gasteiger partial charge in [0.2, 0.25) is 0 Å². The number of aryl methyl sites for hydroxylation is 2. The van der Waals surface area contributed by atoms with Crippen LogP contribution in [-0.2, 0) is 12.8 Å². The van der Waals surface area contributed by atoms with Crippen LogP contribution in [0.3, 0.4) is 0 Å². The molecule has 0 saturated carbocycles. The van der Waals surface area contributed by atoms with Crippen LogP contribution < -0.4 is 0 Å². The van der Waals surface area contributed by atoms with E-state index in [4.69, 9.17) is 0 Å². The molecular formula is C16H13Br3. The molecule has 0 radical (unpaired) electrons. The van der Waals surface area contributed by atoms with Crippen molar-refractivity contribution in [2.75, 3.05) is 0 Å². The summed E-state index contributed by atoms with van der Waals surface area (Å²) in [5.74, 6) is 0. The standard InChI is InChI=1S/C16H13Br3/c17-13-6-7-15(18)14(9-13)16(19)12-5-4-10-2-1-3-11(10)8-12/h4-9,16H,1-3H2. The first-order valence-corrected chi connectivity index (χ1v) is 8.86. The summed E-state index contributed by atoms with van der Waals surface area (Å²) in [4.78, 5) is 0.227. The SMILES string of the molecule is Brc1ccc(Br)c(C(Br)c2ccc3c(c2)CCC3)c1. The Bertz CT molecular complexity index is 619. The molecule has 1 aliphatic rings. The van der Waals surface area contributed by atoms with Gasteiger partial charge in [0.1, 0.15) is 0 Å². The number of hydrogen-bond donors (Lipinski definition) is 0. The van der Waals surface area contributed by atoms with Crippen LogP contribution in [0, 0.1) is 0 Å². The van der Waals surface area contributed by atoms with Crippen molar-refractivity contribution in [3.8, 4) is 0 Å². The second kappa shape index (κ2) is 5.71. The molecule has 1 atom stereocenters. The van der Waals surface area contributed by atoms with E-state index in [1.165, 1.54) is 41.5 Å². The smallest absolute Gasteiger partial charge is 0.0656 e. The number of fused-ring (bicyclic) bond motifs is 1. The summed E-state index contributed by atoms with van der Waals surface area (Å²) in [6.07, 6.45) is 3.76. The predicted molar refractivity (Wildman–Crippen MR) is 91.1 cm³/mol. The quantitative estimate of drug-likeness (QED) is 0.485. The van der Waals surface area contributed by atoms with Gasteiger partial charge >= 0.3 is 0 Å². The minimum absolute atomic E-state index is 0.227. The molecular weight excluding hydrogens is 432 g/mol. The molecule has 1 aliphatic carbocycles. The molecule has 0 fully saturated rings.